The first-order valence-electron chi connectivity index (χ1n) is 16.2. The maximum atomic E-state index is 13.8. The van der Waals surface area contributed by atoms with Crippen LogP contribution in [0, 0.1) is 0 Å². The molecule has 0 spiro atoms. The molecule has 48 heavy (non-hydrogen) atoms. The van der Waals surface area contributed by atoms with E-state index in [0.717, 1.165) is 30.6 Å². The summed E-state index contributed by atoms with van der Waals surface area (Å²) in [4.78, 5) is 29.0. The minimum Gasteiger partial charge on any atom is -0.507 e. The van der Waals surface area contributed by atoms with Gasteiger partial charge in [0.25, 0.3) is 5.78 Å². The van der Waals surface area contributed by atoms with Crippen molar-refractivity contribution in [2.24, 2.45) is 0 Å². The van der Waals surface area contributed by atoms with E-state index in [9.17, 15) is 14.7 Å². The predicted molar refractivity (Wildman–Crippen MR) is 190 cm³/mol. The number of rotatable bonds is 11. The van der Waals surface area contributed by atoms with E-state index in [2.05, 4.69) is 41.4 Å². The lowest BCUT2D eigenvalue weighted by atomic mass is 9.94. The Kier molecular flexibility index (Phi) is 9.19. The predicted octanol–water partition coefficient (Wildman–Crippen LogP) is 8.50. The van der Waals surface area contributed by atoms with Crippen LogP contribution >= 0.6 is 23.1 Å². The van der Waals surface area contributed by atoms with E-state index in [4.69, 9.17) is 9.47 Å². The van der Waals surface area contributed by atoms with E-state index in [1.807, 2.05) is 55.5 Å². The smallest absolute Gasteiger partial charge is 0.301 e. The number of aliphatic hydroxyl groups is 1. The molecule has 1 amide bonds. The van der Waals surface area contributed by atoms with E-state index >= 15 is 0 Å². The molecule has 4 aromatic carbocycles. The number of Topliss-reactive ketones (excluding diaryl/α,β-unsaturated/α-hetero) is 1. The minimum absolute atomic E-state index is 0.00444. The number of hydrogen-bond donors (Lipinski definition) is 1. The fraction of sp³-hybridized carbons (Fsp3) is 0.263. The van der Waals surface area contributed by atoms with Crippen LogP contribution in [0.1, 0.15) is 61.4 Å². The second-order valence-corrected chi connectivity index (χ2v) is 14.2. The zero-order chi connectivity index (χ0) is 33.2. The first-order valence-corrected chi connectivity index (χ1v) is 18.0. The van der Waals surface area contributed by atoms with Gasteiger partial charge in [-0.05, 0) is 71.1 Å². The summed E-state index contributed by atoms with van der Waals surface area (Å²) in [6.07, 6.45) is 3.77. The quantitative estimate of drug-likeness (QED) is 0.0371. The van der Waals surface area contributed by atoms with Crippen molar-refractivity contribution in [1.29, 1.82) is 0 Å². The molecule has 8 nitrogen and oxygen atoms in total. The highest BCUT2D eigenvalue weighted by Crippen LogP contribution is 2.45. The Morgan fingerprint density at radius 3 is 2.73 bits per heavy atom. The molecule has 2 atom stereocenters. The molecule has 1 fully saturated rings. The van der Waals surface area contributed by atoms with Gasteiger partial charge in [0.15, 0.2) is 4.34 Å². The van der Waals surface area contributed by atoms with E-state index < -0.39 is 17.7 Å². The molecule has 0 radical (unpaired) electrons. The molecular weight excluding hydrogens is 643 g/mol. The van der Waals surface area contributed by atoms with Crippen LogP contribution in [0.25, 0.3) is 16.5 Å². The third-order valence-electron chi connectivity index (χ3n) is 8.64. The Hall–Kier alpha value is -4.67. The summed E-state index contributed by atoms with van der Waals surface area (Å²) in [6, 6.07) is 26.2. The molecule has 244 valence electrons. The number of fused-ring (bicyclic) bond motifs is 2. The van der Waals surface area contributed by atoms with Gasteiger partial charge < -0.3 is 14.6 Å². The van der Waals surface area contributed by atoms with Crippen LogP contribution in [0.5, 0.6) is 11.5 Å². The van der Waals surface area contributed by atoms with Crippen molar-refractivity contribution in [3.8, 4) is 11.5 Å². The average Bonchev–Trinajstić information content (AvgIpc) is 3.80. The van der Waals surface area contributed by atoms with Crippen LogP contribution < -0.4 is 14.4 Å². The number of unbranched alkanes of at least 4 members (excludes halogenated alkanes) is 2. The van der Waals surface area contributed by atoms with Gasteiger partial charge in [0, 0.05) is 17.7 Å². The molecule has 0 aliphatic carbocycles. The highest BCUT2D eigenvalue weighted by molar-refractivity contribution is 8.00. The summed E-state index contributed by atoms with van der Waals surface area (Å²) in [5.74, 6) is 0.254. The summed E-state index contributed by atoms with van der Waals surface area (Å²) in [7, 11) is 0. The van der Waals surface area contributed by atoms with Crippen molar-refractivity contribution in [2.75, 3.05) is 11.5 Å². The molecular formula is C38H35N3O5S2. The van der Waals surface area contributed by atoms with Gasteiger partial charge >= 0.3 is 5.91 Å². The first-order chi connectivity index (χ1) is 23.4. The molecule has 1 saturated heterocycles. The van der Waals surface area contributed by atoms with Gasteiger partial charge in [0.1, 0.15) is 23.4 Å². The van der Waals surface area contributed by atoms with Crippen LogP contribution in [0.3, 0.4) is 0 Å². The van der Waals surface area contributed by atoms with Crippen molar-refractivity contribution in [2.45, 2.75) is 61.8 Å². The molecule has 3 heterocycles. The number of hydrogen-bond acceptors (Lipinski definition) is 9. The van der Waals surface area contributed by atoms with Gasteiger partial charge in [-0.1, -0.05) is 97.5 Å². The number of aromatic nitrogens is 2. The maximum absolute atomic E-state index is 13.8. The summed E-state index contributed by atoms with van der Waals surface area (Å²) >= 11 is 2.78. The molecule has 7 rings (SSSR count). The molecule has 2 aliphatic heterocycles. The van der Waals surface area contributed by atoms with Crippen molar-refractivity contribution in [1.82, 2.24) is 10.2 Å². The second-order valence-electron chi connectivity index (χ2n) is 12.0. The van der Waals surface area contributed by atoms with E-state index in [1.165, 1.54) is 44.3 Å². The molecule has 1 aromatic heterocycles. The number of ether oxygens (including phenoxy) is 2. The summed E-state index contributed by atoms with van der Waals surface area (Å²) in [5, 5.41) is 23.2. The Morgan fingerprint density at radius 2 is 1.85 bits per heavy atom. The molecule has 10 heteroatoms. The molecule has 0 bridgehead atoms. The van der Waals surface area contributed by atoms with Gasteiger partial charge in [-0.25, -0.2) is 0 Å². The van der Waals surface area contributed by atoms with E-state index in [0.29, 0.717) is 40.0 Å². The van der Waals surface area contributed by atoms with Gasteiger partial charge in [0.2, 0.25) is 5.13 Å². The number of carbonyl (C=O) groups excluding carboxylic acids is 2. The fourth-order valence-corrected chi connectivity index (χ4v) is 8.17. The lowest BCUT2D eigenvalue weighted by molar-refractivity contribution is -0.132. The third kappa shape index (κ3) is 6.30. The Labute approximate surface area is 287 Å². The molecule has 0 saturated carbocycles. The lowest BCUT2D eigenvalue weighted by Gasteiger charge is -2.23. The first kappa shape index (κ1) is 31.9. The SMILES string of the molecule is CCCCCOc1cccc(C2C(=C(O)c3ccc4c(c3)CC(C)O4)C(=O)C(=O)N2c2nnc(SCc3cccc4ccccc34)s2)c1. The summed E-state index contributed by atoms with van der Waals surface area (Å²) in [5.41, 5.74) is 3.18. The highest BCUT2D eigenvalue weighted by atomic mass is 32.2. The van der Waals surface area contributed by atoms with Crippen LogP contribution in [-0.4, -0.2) is 39.7 Å². The number of ketones is 1. The number of thioether (sulfide) groups is 1. The topological polar surface area (TPSA) is 102 Å². The molecule has 5 aromatic rings. The Bertz CT molecular complexity index is 2030. The van der Waals surface area contributed by atoms with Gasteiger partial charge in [-0.2, -0.15) is 0 Å². The number of anilines is 1. The van der Waals surface area contributed by atoms with Gasteiger partial charge in [0.05, 0.1) is 18.2 Å². The minimum atomic E-state index is -0.934. The zero-order valence-electron chi connectivity index (χ0n) is 26.7. The van der Waals surface area contributed by atoms with E-state index in [-0.39, 0.29) is 22.6 Å². The summed E-state index contributed by atoms with van der Waals surface area (Å²) in [6.45, 7) is 4.68. The zero-order valence-corrected chi connectivity index (χ0v) is 28.4. The maximum Gasteiger partial charge on any atom is 0.301 e. The van der Waals surface area contributed by atoms with Gasteiger partial charge in [-0.3, -0.25) is 14.5 Å². The Morgan fingerprint density at radius 1 is 1.02 bits per heavy atom. The molecule has 1 N–H and O–H groups in total. The second kappa shape index (κ2) is 13.8. The van der Waals surface area contributed by atoms with Crippen molar-refractivity contribution < 1.29 is 24.2 Å². The number of nitrogens with zero attached hydrogens (tertiary/aromatic N) is 3. The highest BCUT2D eigenvalue weighted by Gasteiger charge is 2.48. The van der Waals surface area contributed by atoms with Crippen molar-refractivity contribution in [3.63, 3.8) is 0 Å². The number of amides is 1. The molecule has 2 unspecified atom stereocenters. The number of carbonyl (C=O) groups is 2. The van der Waals surface area contributed by atoms with Crippen LogP contribution in [0.15, 0.2) is 94.8 Å². The van der Waals surface area contributed by atoms with Crippen molar-refractivity contribution in [3.05, 3.63) is 113 Å². The van der Waals surface area contributed by atoms with Crippen LogP contribution in [-0.2, 0) is 21.8 Å². The third-order valence-corrected chi connectivity index (χ3v) is 10.7. The average molecular weight is 678 g/mol. The van der Waals surface area contributed by atoms with Crippen LogP contribution in [0.4, 0.5) is 5.13 Å². The van der Waals surface area contributed by atoms with Crippen LogP contribution in [0.2, 0.25) is 0 Å². The monoisotopic (exact) mass is 677 g/mol. The standard InChI is InChI=1S/C38H35N3O5S2/c1-3-4-7-18-45-29-14-9-12-25(21-29)33-32(34(42)26-16-17-31-28(20-26)19-23(2)46-31)35(43)36(44)41(33)37-39-40-38(48-37)47-22-27-13-8-11-24-10-5-6-15-30(24)27/h5-6,8-17,20-21,23,33,42H,3-4,7,18-19,22H2,1-2H3. The Balaban J connectivity index is 1.24. The number of aliphatic hydroxyl groups excluding tert-OH is 1. The fourth-order valence-electron chi connectivity index (χ4n) is 6.30. The summed E-state index contributed by atoms with van der Waals surface area (Å²) < 4.78 is 12.6. The lowest BCUT2D eigenvalue weighted by Crippen LogP contribution is -2.29. The number of benzene rings is 4. The van der Waals surface area contributed by atoms with Crippen molar-refractivity contribution >= 4 is 56.5 Å². The largest absolute Gasteiger partial charge is 0.507 e. The van der Waals surface area contributed by atoms with E-state index in [1.54, 1.807) is 12.1 Å². The normalized spacial score (nSPS) is 18.3. The van der Waals surface area contributed by atoms with Gasteiger partial charge in [-0.15, -0.1) is 10.2 Å². The molecule has 2 aliphatic rings.